The minimum atomic E-state index is -6.04. The van der Waals surface area contributed by atoms with E-state index in [1.807, 2.05) is 0 Å². The molecule has 30 heavy (non-hydrogen) atoms. The van der Waals surface area contributed by atoms with Gasteiger partial charge in [0.1, 0.15) is 11.4 Å². The van der Waals surface area contributed by atoms with Crippen molar-refractivity contribution in [2.24, 2.45) is 10.7 Å². The molecule has 14 heteroatoms. The van der Waals surface area contributed by atoms with Crippen molar-refractivity contribution in [1.82, 2.24) is 15.0 Å². The highest BCUT2D eigenvalue weighted by molar-refractivity contribution is 6.33. The molecule has 2 rings (SSSR count). The van der Waals surface area contributed by atoms with E-state index in [1.54, 1.807) is 0 Å². The highest BCUT2D eigenvalue weighted by Crippen LogP contribution is 2.40. The molecule has 1 aromatic carbocycles. The van der Waals surface area contributed by atoms with Gasteiger partial charge in [-0.3, -0.25) is 4.99 Å². The lowest BCUT2D eigenvalue weighted by Crippen LogP contribution is -2.43. The van der Waals surface area contributed by atoms with E-state index in [0.29, 0.717) is 4.68 Å². The molecule has 0 saturated carbocycles. The number of esters is 1. The summed E-state index contributed by atoms with van der Waals surface area (Å²) < 4.78 is 69.6. The lowest BCUT2D eigenvalue weighted by atomic mass is 10.1. The van der Waals surface area contributed by atoms with Gasteiger partial charge in [0.05, 0.1) is 23.9 Å². The fourth-order valence-electron chi connectivity index (χ4n) is 2.19. The van der Waals surface area contributed by atoms with Gasteiger partial charge in [-0.2, -0.15) is 26.6 Å². The van der Waals surface area contributed by atoms with Crippen molar-refractivity contribution < 1.29 is 36.6 Å². The Balaban J connectivity index is 2.49. The van der Waals surface area contributed by atoms with Gasteiger partial charge >= 0.3 is 18.1 Å². The van der Waals surface area contributed by atoms with Crippen molar-refractivity contribution in [2.75, 3.05) is 14.2 Å². The van der Waals surface area contributed by atoms with E-state index in [4.69, 9.17) is 17.3 Å². The van der Waals surface area contributed by atoms with E-state index < -0.39 is 35.4 Å². The Labute approximate surface area is 170 Å². The second-order valence-corrected chi connectivity index (χ2v) is 6.02. The first-order valence-corrected chi connectivity index (χ1v) is 8.14. The third kappa shape index (κ3) is 4.20. The number of carbonyl (C=O) groups is 1. The van der Waals surface area contributed by atoms with Crippen LogP contribution in [-0.4, -0.2) is 58.2 Å². The summed E-state index contributed by atoms with van der Waals surface area (Å²) in [6.07, 6.45) is -4.98. The molecule has 8 nitrogen and oxygen atoms in total. The standard InChI is InChI=1S/C16H13ClF5N5O3/c1-24-13(11(28)12(23)15(18,19)16(20,21)22)27-6-10(25-26-27)7-3-4-9(17)8(5-7)14(29)30-2/h3-6,28H,23H2,1-2H3. The molecule has 1 aromatic heterocycles. The van der Waals surface area contributed by atoms with E-state index in [1.165, 1.54) is 18.2 Å². The van der Waals surface area contributed by atoms with Gasteiger partial charge < -0.3 is 15.6 Å². The maximum absolute atomic E-state index is 13.4. The average Bonchev–Trinajstić information content (AvgIpc) is 3.16. The lowest BCUT2D eigenvalue weighted by Gasteiger charge is -2.21. The number of alkyl halides is 5. The number of benzene rings is 1. The maximum Gasteiger partial charge on any atom is 0.459 e. The van der Waals surface area contributed by atoms with Crippen LogP contribution >= 0.6 is 11.6 Å². The number of hydrogen-bond donors (Lipinski definition) is 2. The minimum Gasteiger partial charge on any atom is -0.503 e. The number of methoxy groups -OCH3 is 1. The number of carbonyl (C=O) groups excluding carboxylic acids is 1. The second kappa shape index (κ2) is 8.26. The molecule has 0 bridgehead atoms. The van der Waals surface area contributed by atoms with Crippen molar-refractivity contribution in [3.63, 3.8) is 0 Å². The fourth-order valence-corrected chi connectivity index (χ4v) is 2.38. The maximum atomic E-state index is 13.4. The first-order chi connectivity index (χ1) is 13.8. The zero-order chi connectivity index (χ0) is 22.9. The van der Waals surface area contributed by atoms with Crippen LogP contribution in [0.3, 0.4) is 0 Å². The van der Waals surface area contributed by atoms with Gasteiger partial charge in [-0.25, -0.2) is 4.79 Å². The number of halogens is 6. The molecule has 0 amide bonds. The molecule has 0 atom stereocenters. The molecule has 0 unspecified atom stereocenters. The predicted molar refractivity (Wildman–Crippen MR) is 95.4 cm³/mol. The quantitative estimate of drug-likeness (QED) is 0.241. The number of nitrogens with zero attached hydrogens (tertiary/aromatic N) is 4. The van der Waals surface area contributed by atoms with Gasteiger partial charge in [0.15, 0.2) is 11.6 Å². The third-order valence-electron chi connectivity index (χ3n) is 3.75. The second-order valence-electron chi connectivity index (χ2n) is 5.62. The molecule has 0 spiro atoms. The monoisotopic (exact) mass is 453 g/mol. The first kappa shape index (κ1) is 23.1. The number of aliphatic hydroxyl groups is 1. The summed E-state index contributed by atoms with van der Waals surface area (Å²) in [6.45, 7) is 0. The topological polar surface area (TPSA) is 116 Å². The molecule has 1 heterocycles. The smallest absolute Gasteiger partial charge is 0.459 e. The van der Waals surface area contributed by atoms with Crippen LogP contribution in [0.1, 0.15) is 10.4 Å². The molecule has 0 aliphatic rings. The molecular formula is C16H13ClF5N5O3. The molecular weight excluding hydrogens is 441 g/mol. The van der Waals surface area contributed by atoms with Crippen LogP contribution in [0.2, 0.25) is 5.02 Å². The predicted octanol–water partition coefficient (Wildman–Crippen LogP) is 3.19. The number of aliphatic hydroxyl groups excluding tert-OH is 1. The van der Waals surface area contributed by atoms with Gasteiger partial charge in [0.25, 0.3) is 0 Å². The summed E-state index contributed by atoms with van der Waals surface area (Å²) in [7, 11) is 2.14. The Morgan fingerprint density at radius 3 is 2.47 bits per heavy atom. The zero-order valence-corrected chi connectivity index (χ0v) is 16.0. The van der Waals surface area contributed by atoms with Crippen LogP contribution in [0, 0.1) is 0 Å². The molecule has 0 fully saturated rings. The largest absolute Gasteiger partial charge is 0.503 e. The zero-order valence-electron chi connectivity index (χ0n) is 15.2. The number of ether oxygens (including phenoxy) is 1. The summed E-state index contributed by atoms with van der Waals surface area (Å²) >= 11 is 5.91. The van der Waals surface area contributed by atoms with Crippen LogP contribution < -0.4 is 5.73 Å². The van der Waals surface area contributed by atoms with Gasteiger partial charge in [0.2, 0.25) is 0 Å². The number of rotatable bonds is 4. The summed E-state index contributed by atoms with van der Waals surface area (Å²) in [5.74, 6) is -8.71. The van der Waals surface area contributed by atoms with Crippen LogP contribution in [0.4, 0.5) is 22.0 Å². The number of nitrogens with two attached hydrogens (primary N) is 1. The molecule has 3 N–H and O–H groups in total. The van der Waals surface area contributed by atoms with E-state index in [2.05, 4.69) is 20.0 Å². The molecule has 2 aromatic rings. The third-order valence-corrected chi connectivity index (χ3v) is 4.08. The van der Waals surface area contributed by atoms with E-state index in [0.717, 1.165) is 20.4 Å². The Morgan fingerprint density at radius 1 is 1.30 bits per heavy atom. The van der Waals surface area contributed by atoms with Crippen LogP contribution in [0.15, 0.2) is 40.8 Å². The summed E-state index contributed by atoms with van der Waals surface area (Å²) in [5, 5.41) is 17.2. The van der Waals surface area contributed by atoms with Gasteiger partial charge in [-0.15, -0.1) is 5.10 Å². The van der Waals surface area contributed by atoms with E-state index >= 15 is 0 Å². The number of hydrogen-bond acceptors (Lipinski definition) is 7. The minimum absolute atomic E-state index is 0.00703. The van der Waals surface area contributed by atoms with Crippen molar-refractivity contribution in [3.05, 3.63) is 46.4 Å². The highest BCUT2D eigenvalue weighted by atomic mass is 35.5. The van der Waals surface area contributed by atoms with Crippen LogP contribution in [0.5, 0.6) is 0 Å². The van der Waals surface area contributed by atoms with Crippen molar-refractivity contribution in [2.45, 2.75) is 12.1 Å². The van der Waals surface area contributed by atoms with Crippen LogP contribution in [0.25, 0.3) is 11.3 Å². The molecule has 0 radical (unpaired) electrons. The van der Waals surface area contributed by atoms with E-state index in [9.17, 15) is 31.9 Å². The number of allylic oxidation sites excluding steroid dienone is 2. The SMILES string of the molecule is CN=C(C(O)=C(N)C(F)(F)C(F)(F)F)n1cc(-c2ccc(Cl)c(C(=O)OC)c2)nn1. The Morgan fingerprint density at radius 2 is 1.93 bits per heavy atom. The summed E-state index contributed by atoms with van der Waals surface area (Å²) in [6, 6.07) is 4.09. The van der Waals surface area contributed by atoms with Gasteiger partial charge in [-0.05, 0) is 12.1 Å². The fraction of sp³-hybridized carbons (Fsp3) is 0.250. The van der Waals surface area contributed by atoms with Gasteiger partial charge in [-0.1, -0.05) is 22.9 Å². The lowest BCUT2D eigenvalue weighted by molar-refractivity contribution is -0.265. The van der Waals surface area contributed by atoms with Crippen molar-refractivity contribution in [1.29, 1.82) is 0 Å². The van der Waals surface area contributed by atoms with E-state index in [-0.39, 0.29) is 21.8 Å². The normalized spacial score (nSPS) is 13.8. The summed E-state index contributed by atoms with van der Waals surface area (Å²) in [5.41, 5.74) is 3.01. The number of aromatic nitrogens is 3. The van der Waals surface area contributed by atoms with Gasteiger partial charge in [0, 0.05) is 12.6 Å². The van der Waals surface area contributed by atoms with Crippen LogP contribution in [-0.2, 0) is 4.74 Å². The Bertz CT molecular complexity index is 1030. The molecule has 0 aliphatic heterocycles. The first-order valence-electron chi connectivity index (χ1n) is 7.77. The summed E-state index contributed by atoms with van der Waals surface area (Å²) in [4.78, 5) is 15.2. The number of aliphatic imine (C=N–C) groups is 1. The molecule has 0 saturated heterocycles. The average molecular weight is 454 g/mol. The highest BCUT2D eigenvalue weighted by Gasteiger charge is 2.61. The Hall–Kier alpha value is -3.22. The van der Waals surface area contributed by atoms with Crippen molar-refractivity contribution >= 4 is 23.4 Å². The molecule has 162 valence electrons. The Kier molecular flexibility index (Phi) is 6.35. The molecule has 0 aliphatic carbocycles. The van der Waals surface area contributed by atoms with Crippen molar-refractivity contribution in [3.8, 4) is 11.3 Å².